The molecule has 0 unspecified atom stereocenters. The van der Waals surface area contributed by atoms with Gasteiger partial charge in [-0.1, -0.05) is 23.0 Å². The molecule has 3 rings (SSSR count). The predicted molar refractivity (Wildman–Crippen MR) is 93.6 cm³/mol. The first-order valence-electron chi connectivity index (χ1n) is 7.49. The minimum absolute atomic E-state index is 0.161. The Morgan fingerprint density at radius 1 is 1.21 bits per heavy atom. The van der Waals surface area contributed by atoms with Gasteiger partial charge in [0.05, 0.1) is 11.4 Å². The van der Waals surface area contributed by atoms with Crippen LogP contribution in [0.25, 0.3) is 5.69 Å². The number of thioether (sulfide) groups is 1. The van der Waals surface area contributed by atoms with Gasteiger partial charge in [0.1, 0.15) is 0 Å². The minimum atomic E-state index is -0.161. The molecule has 6 nitrogen and oxygen atoms in total. The number of aromatic nitrogens is 3. The Labute approximate surface area is 144 Å². The van der Waals surface area contributed by atoms with Crippen LogP contribution in [-0.2, 0) is 4.79 Å². The van der Waals surface area contributed by atoms with Gasteiger partial charge in [-0.2, -0.15) is 0 Å². The molecule has 0 saturated heterocycles. The van der Waals surface area contributed by atoms with Crippen LogP contribution in [0.15, 0.2) is 46.3 Å². The van der Waals surface area contributed by atoms with Crippen LogP contribution >= 0.6 is 11.8 Å². The van der Waals surface area contributed by atoms with E-state index in [1.165, 1.54) is 22.9 Å². The number of hydrogen-bond donors (Lipinski definition) is 1. The van der Waals surface area contributed by atoms with Crippen LogP contribution in [0.4, 0.5) is 5.88 Å². The van der Waals surface area contributed by atoms with E-state index in [0.29, 0.717) is 5.88 Å². The molecular weight excluding hydrogens is 324 g/mol. The fourth-order valence-electron chi connectivity index (χ4n) is 2.41. The molecule has 7 heteroatoms. The van der Waals surface area contributed by atoms with E-state index in [4.69, 9.17) is 4.52 Å². The highest BCUT2D eigenvalue weighted by molar-refractivity contribution is 7.99. The zero-order chi connectivity index (χ0) is 17.1. The fourth-order valence-corrected chi connectivity index (χ4v) is 3.18. The van der Waals surface area contributed by atoms with Crippen molar-refractivity contribution in [3.05, 3.63) is 53.5 Å². The molecule has 0 fully saturated rings. The molecule has 2 heterocycles. The Morgan fingerprint density at radius 2 is 1.96 bits per heavy atom. The summed E-state index contributed by atoms with van der Waals surface area (Å²) in [5.74, 6) is 0.434. The average Bonchev–Trinajstić information content (AvgIpc) is 3.13. The second kappa shape index (κ2) is 6.92. The van der Waals surface area contributed by atoms with Gasteiger partial charge >= 0.3 is 0 Å². The first kappa shape index (κ1) is 16.3. The van der Waals surface area contributed by atoms with Crippen LogP contribution in [0.1, 0.15) is 16.8 Å². The second-order valence-corrected chi connectivity index (χ2v) is 6.54. The third kappa shape index (κ3) is 3.86. The molecule has 0 atom stereocenters. The third-order valence-corrected chi connectivity index (χ3v) is 4.28. The summed E-state index contributed by atoms with van der Waals surface area (Å²) in [5.41, 5.74) is 4.14. The van der Waals surface area contributed by atoms with Gasteiger partial charge in [0, 0.05) is 24.1 Å². The highest BCUT2D eigenvalue weighted by Gasteiger charge is 2.11. The molecule has 0 aliphatic carbocycles. The molecule has 0 spiro atoms. The molecule has 0 saturated carbocycles. The van der Waals surface area contributed by atoms with Crippen LogP contribution in [-0.4, -0.2) is 26.4 Å². The molecule has 0 aliphatic rings. The number of rotatable bonds is 5. The van der Waals surface area contributed by atoms with Crippen molar-refractivity contribution in [3.63, 3.8) is 0 Å². The van der Waals surface area contributed by atoms with Gasteiger partial charge in [0.2, 0.25) is 11.8 Å². The van der Waals surface area contributed by atoms with E-state index in [2.05, 4.69) is 47.5 Å². The zero-order valence-corrected chi connectivity index (χ0v) is 14.6. The smallest absolute Gasteiger partial charge is 0.237 e. The maximum Gasteiger partial charge on any atom is 0.237 e. The Hall–Kier alpha value is -2.54. The molecule has 1 amide bonds. The van der Waals surface area contributed by atoms with Crippen molar-refractivity contribution in [2.45, 2.75) is 25.9 Å². The number of carbonyl (C=O) groups is 1. The first-order valence-corrected chi connectivity index (χ1v) is 8.48. The quantitative estimate of drug-likeness (QED) is 0.718. The van der Waals surface area contributed by atoms with Gasteiger partial charge in [-0.05, 0) is 44.0 Å². The largest absolute Gasteiger partial charge is 0.338 e. The summed E-state index contributed by atoms with van der Waals surface area (Å²) in [5, 5.41) is 7.18. The standard InChI is InChI=1S/C17H18N4O2S/c1-11-6-12(2)8-14(7-11)21-5-4-18-17(21)24-10-15(22)19-16-9-13(3)20-23-16/h4-9H,10H2,1-3H3,(H,19,22). The van der Waals surface area contributed by atoms with Crippen LogP contribution < -0.4 is 5.32 Å². The lowest BCUT2D eigenvalue weighted by Gasteiger charge is -2.09. The monoisotopic (exact) mass is 342 g/mol. The predicted octanol–water partition coefficient (Wildman–Crippen LogP) is 3.52. The number of aryl methyl sites for hydroxylation is 3. The number of nitrogens with one attached hydrogen (secondary N) is 1. The Kier molecular flexibility index (Phi) is 4.71. The summed E-state index contributed by atoms with van der Waals surface area (Å²) in [6.45, 7) is 5.93. The van der Waals surface area contributed by atoms with E-state index in [-0.39, 0.29) is 11.7 Å². The van der Waals surface area contributed by atoms with Crippen LogP contribution in [0.2, 0.25) is 0 Å². The number of anilines is 1. The van der Waals surface area contributed by atoms with E-state index in [1.807, 2.05) is 10.8 Å². The van der Waals surface area contributed by atoms with E-state index in [1.54, 1.807) is 19.2 Å². The van der Waals surface area contributed by atoms with Crippen molar-refractivity contribution in [2.75, 3.05) is 11.1 Å². The maximum absolute atomic E-state index is 12.0. The maximum atomic E-state index is 12.0. The summed E-state index contributed by atoms with van der Waals surface area (Å²) in [4.78, 5) is 16.4. The van der Waals surface area contributed by atoms with Gasteiger partial charge < -0.3 is 4.52 Å². The molecule has 3 aromatic rings. The number of carbonyl (C=O) groups excluding carboxylic acids is 1. The van der Waals surface area contributed by atoms with Gasteiger partial charge in [0.15, 0.2) is 5.16 Å². The lowest BCUT2D eigenvalue weighted by molar-refractivity contribution is -0.113. The molecule has 124 valence electrons. The number of imidazole rings is 1. The summed E-state index contributed by atoms with van der Waals surface area (Å²) in [6.07, 6.45) is 3.63. The summed E-state index contributed by atoms with van der Waals surface area (Å²) >= 11 is 1.37. The van der Waals surface area contributed by atoms with E-state index in [9.17, 15) is 4.79 Å². The molecule has 1 N–H and O–H groups in total. The van der Waals surface area contributed by atoms with E-state index >= 15 is 0 Å². The average molecular weight is 342 g/mol. The highest BCUT2D eigenvalue weighted by Crippen LogP contribution is 2.22. The van der Waals surface area contributed by atoms with Crippen LogP contribution in [0.3, 0.4) is 0 Å². The molecule has 0 bridgehead atoms. The molecule has 24 heavy (non-hydrogen) atoms. The van der Waals surface area contributed by atoms with Crippen molar-refractivity contribution in [3.8, 4) is 5.69 Å². The number of nitrogens with zero attached hydrogens (tertiary/aromatic N) is 3. The minimum Gasteiger partial charge on any atom is -0.338 e. The number of amides is 1. The van der Waals surface area contributed by atoms with Gasteiger partial charge in [0.25, 0.3) is 0 Å². The summed E-state index contributed by atoms with van der Waals surface area (Å²) in [6, 6.07) is 7.99. The lowest BCUT2D eigenvalue weighted by Crippen LogP contribution is -2.14. The normalized spacial score (nSPS) is 10.8. The Balaban J connectivity index is 1.68. The third-order valence-electron chi connectivity index (χ3n) is 3.31. The van der Waals surface area contributed by atoms with Crippen molar-refractivity contribution >= 4 is 23.6 Å². The summed E-state index contributed by atoms with van der Waals surface area (Å²) < 4.78 is 6.96. The van der Waals surface area contributed by atoms with Crippen molar-refractivity contribution < 1.29 is 9.32 Å². The Bertz CT molecular complexity index is 849. The molecular formula is C17H18N4O2S. The molecule has 1 aromatic carbocycles. The fraction of sp³-hybridized carbons (Fsp3) is 0.235. The summed E-state index contributed by atoms with van der Waals surface area (Å²) in [7, 11) is 0. The van der Waals surface area contributed by atoms with Crippen LogP contribution in [0.5, 0.6) is 0 Å². The molecule has 2 aromatic heterocycles. The lowest BCUT2D eigenvalue weighted by atomic mass is 10.1. The van der Waals surface area contributed by atoms with E-state index < -0.39 is 0 Å². The highest BCUT2D eigenvalue weighted by atomic mass is 32.2. The Morgan fingerprint density at radius 3 is 2.62 bits per heavy atom. The van der Waals surface area contributed by atoms with Crippen molar-refractivity contribution in [1.29, 1.82) is 0 Å². The van der Waals surface area contributed by atoms with Crippen LogP contribution in [0, 0.1) is 20.8 Å². The number of hydrogen-bond acceptors (Lipinski definition) is 5. The molecule has 0 radical (unpaired) electrons. The van der Waals surface area contributed by atoms with Gasteiger partial charge in [-0.3, -0.25) is 14.7 Å². The zero-order valence-electron chi connectivity index (χ0n) is 13.7. The van der Waals surface area contributed by atoms with Crippen molar-refractivity contribution in [2.24, 2.45) is 0 Å². The number of benzene rings is 1. The topological polar surface area (TPSA) is 73.0 Å². The second-order valence-electron chi connectivity index (χ2n) is 5.60. The first-order chi connectivity index (χ1) is 11.5. The van der Waals surface area contributed by atoms with E-state index in [0.717, 1.165) is 16.5 Å². The van der Waals surface area contributed by atoms with Crippen molar-refractivity contribution in [1.82, 2.24) is 14.7 Å². The van der Waals surface area contributed by atoms with Gasteiger partial charge in [-0.15, -0.1) is 0 Å². The SMILES string of the molecule is Cc1cc(C)cc(-n2ccnc2SCC(=O)Nc2cc(C)no2)c1. The van der Waals surface area contributed by atoms with Gasteiger partial charge in [-0.25, -0.2) is 4.98 Å². The molecule has 0 aliphatic heterocycles.